The molecule has 4 atom stereocenters. The van der Waals surface area contributed by atoms with E-state index in [9.17, 15) is 20.1 Å². The maximum atomic E-state index is 11.0. The van der Waals surface area contributed by atoms with Gasteiger partial charge < -0.3 is 30.9 Å². The number of carbonyl (C=O) groups excluding carboxylic acids is 1. The van der Waals surface area contributed by atoms with Crippen LogP contribution in [0.4, 0.5) is 0 Å². The van der Waals surface area contributed by atoms with Crippen molar-refractivity contribution in [3.63, 3.8) is 0 Å². The van der Waals surface area contributed by atoms with Crippen molar-refractivity contribution in [2.75, 3.05) is 13.2 Å². The van der Waals surface area contributed by atoms with Gasteiger partial charge in [-0.05, 0) is 0 Å². The predicted molar refractivity (Wildman–Crippen MR) is 58.9 cm³/mol. The first-order chi connectivity index (χ1) is 8.47. The highest BCUT2D eigenvalue weighted by Gasteiger charge is 2.47. The van der Waals surface area contributed by atoms with Gasteiger partial charge in [0.25, 0.3) is 0 Å². The SMILES string of the molecule is NC(=O)C1=C(O)C([C@@H]2O[C@H](CO)C(O)[C@@H]2O)=NC1. The summed E-state index contributed by atoms with van der Waals surface area (Å²) in [5.41, 5.74) is 4.94. The highest BCUT2D eigenvalue weighted by molar-refractivity contribution is 6.11. The van der Waals surface area contributed by atoms with Crippen molar-refractivity contribution < 1.29 is 30.0 Å². The number of ether oxygens (including phenoxy) is 1. The quantitative estimate of drug-likeness (QED) is 0.370. The maximum absolute atomic E-state index is 11.0. The third-order valence-corrected chi connectivity index (χ3v) is 3.05. The number of aliphatic hydroxyl groups excluding tert-OH is 4. The van der Waals surface area contributed by atoms with Gasteiger partial charge in [-0.25, -0.2) is 0 Å². The van der Waals surface area contributed by atoms with Crippen LogP contribution in [0.2, 0.25) is 0 Å². The van der Waals surface area contributed by atoms with Gasteiger partial charge >= 0.3 is 0 Å². The molecule has 2 aliphatic heterocycles. The maximum Gasteiger partial charge on any atom is 0.250 e. The van der Waals surface area contributed by atoms with E-state index in [0.29, 0.717) is 0 Å². The lowest BCUT2D eigenvalue weighted by Crippen LogP contribution is -2.37. The first-order valence-corrected chi connectivity index (χ1v) is 5.36. The summed E-state index contributed by atoms with van der Waals surface area (Å²) < 4.78 is 5.19. The Morgan fingerprint density at radius 1 is 1.44 bits per heavy atom. The summed E-state index contributed by atoms with van der Waals surface area (Å²) in [6, 6.07) is 0. The topological polar surface area (TPSA) is 146 Å². The van der Waals surface area contributed by atoms with Crippen molar-refractivity contribution in [1.82, 2.24) is 0 Å². The second kappa shape index (κ2) is 4.65. The number of rotatable bonds is 3. The monoisotopic (exact) mass is 258 g/mol. The Morgan fingerprint density at radius 2 is 2.11 bits per heavy atom. The fraction of sp³-hybridized carbons (Fsp3) is 0.600. The van der Waals surface area contributed by atoms with Gasteiger partial charge in [0.15, 0.2) is 0 Å². The van der Waals surface area contributed by atoms with Crippen LogP contribution in [0.15, 0.2) is 16.3 Å². The molecule has 1 amide bonds. The molecule has 18 heavy (non-hydrogen) atoms. The van der Waals surface area contributed by atoms with Crippen LogP contribution < -0.4 is 5.73 Å². The number of primary amides is 1. The number of hydrogen-bond donors (Lipinski definition) is 5. The second-order valence-corrected chi connectivity index (χ2v) is 4.15. The molecule has 0 aromatic carbocycles. The molecule has 2 aliphatic rings. The fourth-order valence-electron chi connectivity index (χ4n) is 2.01. The van der Waals surface area contributed by atoms with Gasteiger partial charge in [-0.2, -0.15) is 0 Å². The molecular weight excluding hydrogens is 244 g/mol. The van der Waals surface area contributed by atoms with Gasteiger partial charge in [-0.1, -0.05) is 0 Å². The smallest absolute Gasteiger partial charge is 0.250 e. The summed E-state index contributed by atoms with van der Waals surface area (Å²) in [4.78, 5) is 14.8. The first-order valence-electron chi connectivity index (χ1n) is 5.36. The minimum atomic E-state index is -1.34. The lowest BCUT2D eigenvalue weighted by atomic mass is 10.0. The molecule has 100 valence electrons. The van der Waals surface area contributed by atoms with Gasteiger partial charge in [0.05, 0.1) is 18.7 Å². The lowest BCUT2D eigenvalue weighted by molar-refractivity contribution is -0.114. The summed E-state index contributed by atoms with van der Waals surface area (Å²) in [6.07, 6.45) is -4.67. The Balaban J connectivity index is 2.22. The molecule has 2 heterocycles. The molecule has 2 rings (SSSR count). The molecule has 1 unspecified atom stereocenters. The average molecular weight is 258 g/mol. The summed E-state index contributed by atoms with van der Waals surface area (Å²) in [5, 5.41) is 38.0. The molecule has 1 fully saturated rings. The second-order valence-electron chi connectivity index (χ2n) is 4.15. The predicted octanol–water partition coefficient (Wildman–Crippen LogP) is -2.78. The average Bonchev–Trinajstić information content (AvgIpc) is 2.82. The summed E-state index contributed by atoms with van der Waals surface area (Å²) in [6.45, 7) is -0.571. The molecule has 8 nitrogen and oxygen atoms in total. The van der Waals surface area contributed by atoms with Crippen LogP contribution in [0.25, 0.3) is 0 Å². The zero-order valence-electron chi connectivity index (χ0n) is 9.35. The molecule has 6 N–H and O–H groups in total. The van der Waals surface area contributed by atoms with Crippen molar-refractivity contribution >= 4 is 11.6 Å². The minimum Gasteiger partial charge on any atom is -0.505 e. The molecule has 0 radical (unpaired) electrons. The van der Waals surface area contributed by atoms with Crippen molar-refractivity contribution in [2.24, 2.45) is 10.7 Å². The van der Waals surface area contributed by atoms with Gasteiger partial charge in [-0.15, -0.1) is 0 Å². The van der Waals surface area contributed by atoms with E-state index in [2.05, 4.69) is 4.99 Å². The zero-order valence-corrected chi connectivity index (χ0v) is 9.35. The van der Waals surface area contributed by atoms with Crippen LogP contribution in [0.1, 0.15) is 0 Å². The number of hydrogen-bond acceptors (Lipinski definition) is 7. The molecule has 0 bridgehead atoms. The summed E-state index contributed by atoms with van der Waals surface area (Å²) in [5.74, 6) is -1.24. The Morgan fingerprint density at radius 3 is 2.56 bits per heavy atom. The van der Waals surface area contributed by atoms with Crippen molar-refractivity contribution in [1.29, 1.82) is 0 Å². The van der Waals surface area contributed by atoms with E-state index < -0.39 is 42.7 Å². The normalized spacial score (nSPS) is 36.1. The fourth-order valence-corrected chi connectivity index (χ4v) is 2.01. The lowest BCUT2D eigenvalue weighted by Gasteiger charge is -2.14. The van der Waals surface area contributed by atoms with E-state index in [1.807, 2.05) is 0 Å². The van der Waals surface area contributed by atoms with Crippen LogP contribution in [0, 0.1) is 0 Å². The number of carbonyl (C=O) groups is 1. The number of nitrogens with two attached hydrogens (primary N) is 1. The minimum absolute atomic E-state index is 0.0358. The van der Waals surface area contributed by atoms with Gasteiger partial charge in [-0.3, -0.25) is 9.79 Å². The molecule has 0 aromatic rings. The standard InChI is InChI=1S/C10H14N2O6/c11-10(17)3-1-12-5(6(3)14)9-8(16)7(15)4(2-13)18-9/h4,7-9,13-16H,1-2H2,(H2,11,17)/t4-,7?,8+,9+/m1/s1. The van der Waals surface area contributed by atoms with E-state index in [4.69, 9.17) is 15.6 Å². The van der Waals surface area contributed by atoms with E-state index in [0.717, 1.165) is 0 Å². The molecule has 0 spiro atoms. The van der Waals surface area contributed by atoms with Crippen LogP contribution in [-0.2, 0) is 9.53 Å². The number of aliphatic hydroxyl groups is 4. The molecule has 1 saturated heterocycles. The Bertz CT molecular complexity index is 432. The van der Waals surface area contributed by atoms with E-state index >= 15 is 0 Å². The van der Waals surface area contributed by atoms with E-state index in [-0.39, 0.29) is 17.8 Å². The number of nitrogens with zero attached hydrogens (tertiary/aromatic N) is 1. The molecule has 8 heteroatoms. The largest absolute Gasteiger partial charge is 0.505 e. The third-order valence-electron chi connectivity index (χ3n) is 3.05. The Kier molecular flexibility index (Phi) is 3.35. The highest BCUT2D eigenvalue weighted by atomic mass is 16.6. The zero-order chi connectivity index (χ0) is 13.4. The molecule has 0 aliphatic carbocycles. The van der Waals surface area contributed by atoms with Crippen molar-refractivity contribution in [3.05, 3.63) is 11.3 Å². The Labute approximate surface area is 102 Å². The van der Waals surface area contributed by atoms with Crippen LogP contribution in [0.3, 0.4) is 0 Å². The molecule has 0 saturated carbocycles. The molecular formula is C10H14N2O6. The van der Waals surface area contributed by atoms with Crippen LogP contribution >= 0.6 is 0 Å². The van der Waals surface area contributed by atoms with Gasteiger partial charge in [0.2, 0.25) is 5.91 Å². The highest BCUT2D eigenvalue weighted by Crippen LogP contribution is 2.27. The number of amides is 1. The van der Waals surface area contributed by atoms with Gasteiger partial charge in [0, 0.05) is 0 Å². The molecule has 0 aromatic heterocycles. The number of aliphatic imine (C=N–C) groups is 1. The van der Waals surface area contributed by atoms with E-state index in [1.54, 1.807) is 0 Å². The van der Waals surface area contributed by atoms with Crippen molar-refractivity contribution in [3.8, 4) is 0 Å². The summed E-state index contributed by atoms with van der Waals surface area (Å²) in [7, 11) is 0. The summed E-state index contributed by atoms with van der Waals surface area (Å²) >= 11 is 0. The van der Waals surface area contributed by atoms with Gasteiger partial charge in [0.1, 0.15) is 35.9 Å². The van der Waals surface area contributed by atoms with Crippen LogP contribution in [-0.4, -0.2) is 69.6 Å². The third kappa shape index (κ3) is 1.89. The van der Waals surface area contributed by atoms with E-state index in [1.165, 1.54) is 0 Å². The first kappa shape index (κ1) is 13.0. The van der Waals surface area contributed by atoms with Crippen LogP contribution in [0.5, 0.6) is 0 Å². The van der Waals surface area contributed by atoms with Crippen molar-refractivity contribution in [2.45, 2.75) is 24.4 Å². The Hall–Kier alpha value is -1.48.